The standard InChI is InChI=1S/C50H29N3O/c1-2-13-32-29-45-41(28-31(32)12-1)36-20-9-14-30-15-10-24-44(47(30)36)53(45)43-27-26-38(33-16-3-4-17-34(33)43)50-51-42-23-7-5-19-39(42)48(52-50)40-22-11-21-37-35-18-6-8-25-46(35)54-49(37)40/h1-29H. The van der Waals surface area contributed by atoms with E-state index in [1.165, 1.54) is 44.0 Å². The third kappa shape index (κ3) is 4.13. The molecule has 12 rings (SSSR count). The van der Waals surface area contributed by atoms with Gasteiger partial charge in [-0.2, -0.15) is 0 Å². The van der Waals surface area contributed by atoms with Crippen LogP contribution in [-0.4, -0.2) is 9.97 Å². The van der Waals surface area contributed by atoms with Gasteiger partial charge in [0.1, 0.15) is 11.2 Å². The highest BCUT2D eigenvalue weighted by Gasteiger charge is 2.28. The predicted octanol–water partition coefficient (Wildman–Crippen LogP) is 13.8. The summed E-state index contributed by atoms with van der Waals surface area (Å²) in [6.07, 6.45) is 0. The molecule has 1 aliphatic rings. The fourth-order valence-electron chi connectivity index (χ4n) is 8.76. The van der Waals surface area contributed by atoms with Gasteiger partial charge >= 0.3 is 0 Å². The molecule has 0 bridgehead atoms. The SMILES string of the molecule is c1ccc2cc3c(cc2c1)-c1cccc2cccc(c12)N3c1ccc(-c2nc(-c3cccc4c3oc3ccccc34)c3ccccc3n2)c2ccccc12. The molecule has 2 aromatic heterocycles. The van der Waals surface area contributed by atoms with E-state index >= 15 is 0 Å². The Hall–Kier alpha value is -7.30. The number of anilines is 3. The summed E-state index contributed by atoms with van der Waals surface area (Å²) in [6.45, 7) is 0. The molecule has 9 aromatic carbocycles. The topological polar surface area (TPSA) is 42.2 Å². The summed E-state index contributed by atoms with van der Waals surface area (Å²) in [5.74, 6) is 0.678. The molecule has 4 nitrogen and oxygen atoms in total. The summed E-state index contributed by atoms with van der Waals surface area (Å²) < 4.78 is 6.52. The van der Waals surface area contributed by atoms with Crippen LogP contribution in [0.3, 0.4) is 0 Å². The smallest absolute Gasteiger partial charge is 0.161 e. The van der Waals surface area contributed by atoms with Gasteiger partial charge < -0.3 is 9.32 Å². The maximum Gasteiger partial charge on any atom is 0.161 e. The first-order chi connectivity index (χ1) is 26.8. The van der Waals surface area contributed by atoms with Crippen LogP contribution in [0, 0.1) is 0 Å². The first kappa shape index (κ1) is 29.3. The highest BCUT2D eigenvalue weighted by Crippen LogP contribution is 2.53. The van der Waals surface area contributed by atoms with E-state index in [1.807, 2.05) is 18.2 Å². The minimum absolute atomic E-state index is 0.678. The van der Waals surface area contributed by atoms with Crippen LogP contribution in [0.4, 0.5) is 17.1 Å². The van der Waals surface area contributed by atoms with E-state index in [0.29, 0.717) is 5.82 Å². The number of aromatic nitrogens is 2. The highest BCUT2D eigenvalue weighted by atomic mass is 16.3. The Morgan fingerprint density at radius 1 is 0.389 bits per heavy atom. The summed E-state index contributed by atoms with van der Waals surface area (Å²) in [5, 5.41) is 10.3. The van der Waals surface area contributed by atoms with E-state index < -0.39 is 0 Å². The third-order valence-electron chi connectivity index (χ3n) is 11.2. The van der Waals surface area contributed by atoms with Crippen LogP contribution in [-0.2, 0) is 0 Å². The molecule has 3 heterocycles. The molecule has 11 aromatic rings. The summed E-state index contributed by atoms with van der Waals surface area (Å²) in [4.78, 5) is 13.1. The zero-order valence-electron chi connectivity index (χ0n) is 29.0. The number of hydrogen-bond donors (Lipinski definition) is 0. The lowest BCUT2D eigenvalue weighted by Gasteiger charge is -2.34. The van der Waals surface area contributed by atoms with Crippen LogP contribution in [0.25, 0.3) is 98.9 Å². The van der Waals surface area contributed by atoms with Gasteiger partial charge in [0.15, 0.2) is 5.82 Å². The lowest BCUT2D eigenvalue weighted by Crippen LogP contribution is -2.15. The Morgan fingerprint density at radius 2 is 1.06 bits per heavy atom. The summed E-state index contributed by atoms with van der Waals surface area (Å²) in [5.41, 5.74) is 11.3. The Balaban J connectivity index is 1.11. The number of hydrogen-bond acceptors (Lipinski definition) is 4. The first-order valence-electron chi connectivity index (χ1n) is 18.3. The van der Waals surface area contributed by atoms with Crippen LogP contribution in [0.15, 0.2) is 180 Å². The van der Waals surface area contributed by atoms with Gasteiger partial charge in [0.2, 0.25) is 0 Å². The Kier molecular flexibility index (Phi) is 6.02. The second-order valence-electron chi connectivity index (χ2n) is 14.1. The second kappa shape index (κ2) is 11.1. The Bertz CT molecular complexity index is 3350. The van der Waals surface area contributed by atoms with Crippen molar-refractivity contribution in [1.82, 2.24) is 9.97 Å². The third-order valence-corrected chi connectivity index (χ3v) is 11.2. The molecule has 1 aliphatic heterocycles. The predicted molar refractivity (Wildman–Crippen MR) is 224 cm³/mol. The first-order valence-corrected chi connectivity index (χ1v) is 18.3. The van der Waals surface area contributed by atoms with Crippen LogP contribution >= 0.6 is 0 Å². The summed E-state index contributed by atoms with van der Waals surface area (Å²) >= 11 is 0. The van der Waals surface area contributed by atoms with Crippen LogP contribution in [0.5, 0.6) is 0 Å². The van der Waals surface area contributed by atoms with E-state index in [2.05, 4.69) is 163 Å². The molecule has 0 saturated carbocycles. The fourth-order valence-corrected chi connectivity index (χ4v) is 8.76. The number of furan rings is 1. The lowest BCUT2D eigenvalue weighted by atomic mass is 9.88. The average molecular weight is 688 g/mol. The monoisotopic (exact) mass is 687 g/mol. The maximum atomic E-state index is 6.52. The van der Waals surface area contributed by atoms with Crippen molar-refractivity contribution in [1.29, 1.82) is 0 Å². The summed E-state index contributed by atoms with van der Waals surface area (Å²) in [6, 6.07) is 62.6. The van der Waals surface area contributed by atoms with Crippen LogP contribution in [0.2, 0.25) is 0 Å². The maximum absolute atomic E-state index is 6.52. The van der Waals surface area contributed by atoms with Crippen molar-refractivity contribution >= 4 is 82.2 Å². The van der Waals surface area contributed by atoms with E-state index in [4.69, 9.17) is 14.4 Å². The second-order valence-corrected chi connectivity index (χ2v) is 14.1. The molecule has 0 aliphatic carbocycles. The molecule has 0 spiro atoms. The fraction of sp³-hybridized carbons (Fsp3) is 0. The Labute approximate surface area is 310 Å². The normalized spacial score (nSPS) is 12.4. The highest BCUT2D eigenvalue weighted by molar-refractivity contribution is 6.18. The molecule has 0 atom stereocenters. The molecular formula is C50H29N3O. The van der Waals surface area contributed by atoms with Crippen molar-refractivity contribution in [2.45, 2.75) is 0 Å². The molecule has 0 saturated heterocycles. The molecule has 0 radical (unpaired) electrons. The molecular weight excluding hydrogens is 659 g/mol. The van der Waals surface area contributed by atoms with Gasteiger partial charge in [-0.05, 0) is 75.6 Å². The minimum atomic E-state index is 0.678. The van der Waals surface area contributed by atoms with E-state index in [1.54, 1.807) is 0 Å². The van der Waals surface area contributed by atoms with E-state index in [9.17, 15) is 0 Å². The largest absolute Gasteiger partial charge is 0.455 e. The lowest BCUT2D eigenvalue weighted by molar-refractivity contribution is 0.670. The van der Waals surface area contributed by atoms with Gasteiger partial charge in [-0.25, -0.2) is 9.97 Å². The number of benzene rings is 9. The van der Waals surface area contributed by atoms with Gasteiger partial charge in [0.25, 0.3) is 0 Å². The number of para-hydroxylation sites is 3. The van der Waals surface area contributed by atoms with Crippen molar-refractivity contribution in [3.05, 3.63) is 176 Å². The van der Waals surface area contributed by atoms with Gasteiger partial charge in [-0.3, -0.25) is 0 Å². The number of rotatable bonds is 3. The Morgan fingerprint density at radius 3 is 1.94 bits per heavy atom. The van der Waals surface area contributed by atoms with Gasteiger partial charge in [-0.15, -0.1) is 0 Å². The molecule has 250 valence electrons. The molecule has 0 fully saturated rings. The zero-order valence-corrected chi connectivity index (χ0v) is 29.0. The van der Waals surface area contributed by atoms with Gasteiger partial charge in [0.05, 0.1) is 28.3 Å². The van der Waals surface area contributed by atoms with Gasteiger partial charge in [0, 0.05) is 43.6 Å². The molecule has 4 heteroatoms. The molecule has 0 amide bonds. The van der Waals surface area contributed by atoms with Crippen molar-refractivity contribution < 1.29 is 4.42 Å². The van der Waals surface area contributed by atoms with Crippen molar-refractivity contribution in [3.63, 3.8) is 0 Å². The minimum Gasteiger partial charge on any atom is -0.455 e. The van der Waals surface area contributed by atoms with E-state index in [0.717, 1.165) is 66.1 Å². The number of nitrogens with zero attached hydrogens (tertiary/aromatic N) is 3. The van der Waals surface area contributed by atoms with Crippen molar-refractivity contribution in [2.75, 3.05) is 4.90 Å². The number of fused-ring (bicyclic) bond motifs is 8. The van der Waals surface area contributed by atoms with Crippen molar-refractivity contribution in [3.8, 4) is 33.8 Å². The zero-order chi connectivity index (χ0) is 35.3. The van der Waals surface area contributed by atoms with Crippen LogP contribution in [0.1, 0.15) is 0 Å². The molecule has 0 unspecified atom stereocenters. The van der Waals surface area contributed by atoms with E-state index in [-0.39, 0.29) is 0 Å². The molecule has 54 heavy (non-hydrogen) atoms. The summed E-state index contributed by atoms with van der Waals surface area (Å²) in [7, 11) is 0. The average Bonchev–Trinajstić information content (AvgIpc) is 3.62. The molecule has 0 N–H and O–H groups in total. The van der Waals surface area contributed by atoms with Gasteiger partial charge in [-0.1, -0.05) is 127 Å². The van der Waals surface area contributed by atoms with Crippen LogP contribution < -0.4 is 4.90 Å². The quantitative estimate of drug-likeness (QED) is 0.185. The van der Waals surface area contributed by atoms with Crippen molar-refractivity contribution in [2.24, 2.45) is 0 Å².